The van der Waals surface area contributed by atoms with Gasteiger partial charge in [-0.05, 0) is 37.5 Å². The second-order valence-corrected chi connectivity index (χ2v) is 8.59. The summed E-state index contributed by atoms with van der Waals surface area (Å²) in [5.74, 6) is 0.915. The van der Waals surface area contributed by atoms with E-state index in [9.17, 15) is 4.79 Å². The average molecular weight is 419 g/mol. The summed E-state index contributed by atoms with van der Waals surface area (Å²) in [6, 6.07) is 20.3. The Bertz CT molecular complexity index is 967. The van der Waals surface area contributed by atoms with Crippen LogP contribution >= 0.6 is 11.8 Å². The molecule has 1 aliphatic heterocycles. The van der Waals surface area contributed by atoms with Gasteiger partial charge >= 0.3 is 0 Å². The molecule has 1 aliphatic rings. The molecule has 1 N–H and O–H groups in total. The quantitative estimate of drug-likeness (QED) is 0.628. The van der Waals surface area contributed by atoms with Crippen molar-refractivity contribution in [3.63, 3.8) is 0 Å². The van der Waals surface area contributed by atoms with Crippen molar-refractivity contribution in [1.29, 1.82) is 0 Å². The SMILES string of the molecule is C[C@@H](NC(=O)[C@@H]1CCCN(c2nccnc2Sc2ccccc2)C1)c1ccccc1. The lowest BCUT2D eigenvalue weighted by molar-refractivity contribution is -0.125. The molecular formula is C24H26N4OS. The van der Waals surface area contributed by atoms with Gasteiger partial charge < -0.3 is 10.2 Å². The number of amides is 1. The zero-order valence-electron chi connectivity index (χ0n) is 17.1. The van der Waals surface area contributed by atoms with Crippen LogP contribution in [0.25, 0.3) is 0 Å². The number of carbonyl (C=O) groups is 1. The number of anilines is 1. The van der Waals surface area contributed by atoms with Crippen LogP contribution in [0.15, 0.2) is 83.0 Å². The number of nitrogens with zero attached hydrogens (tertiary/aromatic N) is 3. The first-order valence-electron chi connectivity index (χ1n) is 10.3. The minimum Gasteiger partial charge on any atom is -0.354 e. The Labute approximate surface area is 181 Å². The van der Waals surface area contributed by atoms with Crippen LogP contribution in [0, 0.1) is 5.92 Å². The van der Waals surface area contributed by atoms with E-state index >= 15 is 0 Å². The summed E-state index contributed by atoms with van der Waals surface area (Å²) in [5, 5.41) is 4.06. The van der Waals surface area contributed by atoms with E-state index in [4.69, 9.17) is 0 Å². The third-order valence-corrected chi connectivity index (χ3v) is 6.34. The van der Waals surface area contributed by atoms with Gasteiger partial charge in [0.25, 0.3) is 0 Å². The van der Waals surface area contributed by atoms with Crippen LogP contribution in [0.1, 0.15) is 31.4 Å². The summed E-state index contributed by atoms with van der Waals surface area (Å²) in [6.07, 6.45) is 5.31. The van der Waals surface area contributed by atoms with E-state index in [1.165, 1.54) is 0 Å². The lowest BCUT2D eigenvalue weighted by Crippen LogP contribution is -2.44. The minimum atomic E-state index is -0.0542. The Morgan fingerprint density at radius 2 is 1.77 bits per heavy atom. The maximum absolute atomic E-state index is 13.0. The molecule has 3 aromatic rings. The summed E-state index contributed by atoms with van der Waals surface area (Å²) in [7, 11) is 0. The fourth-order valence-electron chi connectivity index (χ4n) is 3.75. The fourth-order valence-corrected chi connectivity index (χ4v) is 4.65. The number of hydrogen-bond donors (Lipinski definition) is 1. The van der Waals surface area contributed by atoms with Crippen LogP contribution in [0.4, 0.5) is 5.82 Å². The lowest BCUT2D eigenvalue weighted by Gasteiger charge is -2.34. The van der Waals surface area contributed by atoms with Crippen molar-refractivity contribution >= 4 is 23.5 Å². The molecule has 30 heavy (non-hydrogen) atoms. The summed E-state index contributed by atoms with van der Waals surface area (Å²) in [4.78, 5) is 25.5. The molecule has 0 bridgehead atoms. The van der Waals surface area contributed by atoms with Crippen LogP contribution in [-0.2, 0) is 4.79 Å². The largest absolute Gasteiger partial charge is 0.354 e. The number of rotatable bonds is 6. The normalized spacial score (nSPS) is 17.4. The number of aromatic nitrogens is 2. The number of carbonyl (C=O) groups excluding carboxylic acids is 1. The first-order valence-corrected chi connectivity index (χ1v) is 11.2. The second kappa shape index (κ2) is 9.76. The smallest absolute Gasteiger partial charge is 0.225 e. The molecule has 1 saturated heterocycles. The van der Waals surface area contributed by atoms with E-state index in [1.54, 1.807) is 24.2 Å². The molecule has 0 aliphatic carbocycles. The molecule has 1 fully saturated rings. The molecule has 0 radical (unpaired) electrons. The summed E-state index contributed by atoms with van der Waals surface area (Å²) in [6.45, 7) is 3.58. The van der Waals surface area contributed by atoms with Gasteiger partial charge in [-0.2, -0.15) is 0 Å². The second-order valence-electron chi connectivity index (χ2n) is 7.53. The van der Waals surface area contributed by atoms with E-state index in [2.05, 4.69) is 32.3 Å². The van der Waals surface area contributed by atoms with Crippen molar-refractivity contribution in [2.75, 3.05) is 18.0 Å². The molecule has 2 aromatic carbocycles. The summed E-state index contributed by atoms with van der Waals surface area (Å²) in [5.41, 5.74) is 1.12. The van der Waals surface area contributed by atoms with Crippen LogP contribution in [-0.4, -0.2) is 29.0 Å². The van der Waals surface area contributed by atoms with Crippen molar-refractivity contribution in [3.05, 3.63) is 78.6 Å². The Balaban J connectivity index is 1.45. The Kier molecular flexibility index (Phi) is 6.64. The molecule has 154 valence electrons. The van der Waals surface area contributed by atoms with E-state index in [1.807, 2.05) is 55.5 Å². The van der Waals surface area contributed by atoms with Gasteiger partial charge in [0.2, 0.25) is 5.91 Å². The Morgan fingerprint density at radius 1 is 1.07 bits per heavy atom. The standard InChI is InChI=1S/C24H26N4OS/c1-18(19-9-4-2-5-10-19)27-23(29)20-11-8-16-28(17-20)22-24(26-15-14-25-22)30-21-12-6-3-7-13-21/h2-7,9-10,12-15,18,20H,8,11,16-17H2,1H3,(H,27,29)/t18-,20-/m1/s1. The van der Waals surface area contributed by atoms with Gasteiger partial charge in [0, 0.05) is 30.4 Å². The number of benzene rings is 2. The maximum Gasteiger partial charge on any atom is 0.225 e. The van der Waals surface area contributed by atoms with Gasteiger partial charge in [0.1, 0.15) is 5.03 Å². The minimum absolute atomic E-state index is 0.00482. The molecule has 6 heteroatoms. The summed E-state index contributed by atoms with van der Waals surface area (Å²) < 4.78 is 0. The molecule has 1 aromatic heterocycles. The average Bonchev–Trinajstić information content (AvgIpc) is 2.81. The van der Waals surface area contributed by atoms with Crippen molar-refractivity contribution in [2.45, 2.75) is 35.7 Å². The highest BCUT2D eigenvalue weighted by atomic mass is 32.2. The third kappa shape index (κ3) is 5.00. The van der Waals surface area contributed by atoms with E-state index in [-0.39, 0.29) is 17.9 Å². The van der Waals surface area contributed by atoms with Crippen molar-refractivity contribution in [1.82, 2.24) is 15.3 Å². The molecular weight excluding hydrogens is 392 g/mol. The van der Waals surface area contributed by atoms with E-state index in [0.29, 0.717) is 6.54 Å². The molecule has 2 heterocycles. The van der Waals surface area contributed by atoms with Crippen molar-refractivity contribution in [2.24, 2.45) is 5.92 Å². The van der Waals surface area contributed by atoms with Crippen LogP contribution in [0.3, 0.4) is 0 Å². The van der Waals surface area contributed by atoms with Crippen LogP contribution in [0.2, 0.25) is 0 Å². The zero-order valence-corrected chi connectivity index (χ0v) is 17.9. The fraction of sp³-hybridized carbons (Fsp3) is 0.292. The first-order chi connectivity index (χ1) is 14.7. The monoisotopic (exact) mass is 418 g/mol. The third-order valence-electron chi connectivity index (χ3n) is 5.35. The van der Waals surface area contributed by atoms with E-state index in [0.717, 1.165) is 40.7 Å². The molecule has 2 atom stereocenters. The highest BCUT2D eigenvalue weighted by molar-refractivity contribution is 7.99. The molecule has 4 rings (SSSR count). The maximum atomic E-state index is 13.0. The molecule has 5 nitrogen and oxygen atoms in total. The predicted molar refractivity (Wildman–Crippen MR) is 121 cm³/mol. The van der Waals surface area contributed by atoms with Gasteiger partial charge in [-0.25, -0.2) is 9.97 Å². The van der Waals surface area contributed by atoms with Crippen LogP contribution < -0.4 is 10.2 Å². The highest BCUT2D eigenvalue weighted by Gasteiger charge is 2.29. The van der Waals surface area contributed by atoms with Gasteiger partial charge in [-0.15, -0.1) is 0 Å². The van der Waals surface area contributed by atoms with E-state index < -0.39 is 0 Å². The highest BCUT2D eigenvalue weighted by Crippen LogP contribution is 2.34. The van der Waals surface area contributed by atoms with Gasteiger partial charge in [0.15, 0.2) is 5.82 Å². The predicted octanol–water partition coefficient (Wildman–Crippen LogP) is 4.72. The first kappa shape index (κ1) is 20.4. The molecule has 0 saturated carbocycles. The van der Waals surface area contributed by atoms with Crippen molar-refractivity contribution in [3.8, 4) is 0 Å². The number of piperidine rings is 1. The Morgan fingerprint density at radius 3 is 2.53 bits per heavy atom. The Hall–Kier alpha value is -2.86. The molecule has 1 amide bonds. The van der Waals surface area contributed by atoms with Gasteiger partial charge in [-0.3, -0.25) is 4.79 Å². The lowest BCUT2D eigenvalue weighted by atomic mass is 9.96. The topological polar surface area (TPSA) is 58.1 Å². The molecule has 0 unspecified atom stereocenters. The van der Waals surface area contributed by atoms with Crippen LogP contribution in [0.5, 0.6) is 0 Å². The van der Waals surface area contributed by atoms with Gasteiger partial charge in [0.05, 0.1) is 12.0 Å². The van der Waals surface area contributed by atoms with Crippen molar-refractivity contribution < 1.29 is 4.79 Å². The summed E-state index contributed by atoms with van der Waals surface area (Å²) >= 11 is 1.61. The number of nitrogens with one attached hydrogen (secondary N) is 1. The molecule has 0 spiro atoms. The zero-order chi connectivity index (χ0) is 20.8. The van der Waals surface area contributed by atoms with Gasteiger partial charge in [-0.1, -0.05) is 60.3 Å². The number of hydrogen-bond acceptors (Lipinski definition) is 5.